The molecule has 1 aliphatic rings. The fourth-order valence-electron chi connectivity index (χ4n) is 2.29. The van der Waals surface area contributed by atoms with Crippen LogP contribution in [0.5, 0.6) is 0 Å². The Bertz CT molecular complexity index is 346. The molecule has 2 heteroatoms. The Morgan fingerprint density at radius 3 is 3.00 bits per heavy atom. The predicted octanol–water partition coefficient (Wildman–Crippen LogP) is 3.57. The summed E-state index contributed by atoms with van der Waals surface area (Å²) in [5, 5.41) is 4.43. The van der Waals surface area contributed by atoms with Crippen molar-refractivity contribution in [1.82, 2.24) is 5.32 Å². The van der Waals surface area contributed by atoms with Gasteiger partial charge in [-0.3, -0.25) is 0 Å². The molecule has 0 radical (unpaired) electrons. The van der Waals surface area contributed by atoms with Crippen LogP contribution in [-0.2, 0) is 6.42 Å². The molecule has 1 aliphatic heterocycles. The fourth-order valence-corrected chi connectivity index (χ4v) is 2.47. The second-order valence-corrected chi connectivity index (χ2v) is 5.17. The molecule has 0 saturated heterocycles. The second kappa shape index (κ2) is 4.54. The van der Waals surface area contributed by atoms with E-state index in [1.54, 1.807) is 0 Å². The normalized spacial score (nSPS) is 20.4. The van der Waals surface area contributed by atoms with E-state index in [0.29, 0.717) is 12.0 Å². The summed E-state index contributed by atoms with van der Waals surface area (Å²) in [4.78, 5) is 0. The standard InChI is InChI=1S/C13H18ClN/c1-9(2)7-13-12-8-11(14)4-3-10(12)5-6-15-13/h3-4,8-9,13,15H,5-7H2,1-2H3. The minimum absolute atomic E-state index is 0.493. The van der Waals surface area contributed by atoms with Gasteiger partial charge in [0.05, 0.1) is 0 Å². The molecule has 2 rings (SSSR count). The van der Waals surface area contributed by atoms with Crippen molar-refractivity contribution in [1.29, 1.82) is 0 Å². The summed E-state index contributed by atoms with van der Waals surface area (Å²) in [6.45, 7) is 5.62. The summed E-state index contributed by atoms with van der Waals surface area (Å²) in [5.41, 5.74) is 2.87. The van der Waals surface area contributed by atoms with Crippen LogP contribution in [-0.4, -0.2) is 6.54 Å². The molecule has 1 N–H and O–H groups in total. The van der Waals surface area contributed by atoms with Crippen molar-refractivity contribution in [3.8, 4) is 0 Å². The van der Waals surface area contributed by atoms with E-state index >= 15 is 0 Å². The fraction of sp³-hybridized carbons (Fsp3) is 0.538. The molecule has 0 fully saturated rings. The molecule has 0 aromatic heterocycles. The number of nitrogens with one attached hydrogen (secondary N) is 1. The Morgan fingerprint density at radius 1 is 1.47 bits per heavy atom. The van der Waals surface area contributed by atoms with E-state index in [1.165, 1.54) is 17.5 Å². The molecule has 1 aromatic carbocycles. The highest BCUT2D eigenvalue weighted by molar-refractivity contribution is 6.30. The van der Waals surface area contributed by atoms with Gasteiger partial charge in [0.1, 0.15) is 0 Å². The van der Waals surface area contributed by atoms with Gasteiger partial charge in [-0.2, -0.15) is 0 Å². The maximum absolute atomic E-state index is 6.05. The topological polar surface area (TPSA) is 12.0 Å². The van der Waals surface area contributed by atoms with E-state index in [9.17, 15) is 0 Å². The highest BCUT2D eigenvalue weighted by Crippen LogP contribution is 2.29. The Labute approximate surface area is 96.8 Å². The van der Waals surface area contributed by atoms with Gasteiger partial charge in [-0.1, -0.05) is 31.5 Å². The molecule has 0 spiro atoms. The van der Waals surface area contributed by atoms with Crippen LogP contribution in [0.15, 0.2) is 18.2 Å². The molecular weight excluding hydrogens is 206 g/mol. The molecule has 1 atom stereocenters. The van der Waals surface area contributed by atoms with Gasteiger partial charge in [-0.15, -0.1) is 0 Å². The lowest BCUT2D eigenvalue weighted by Gasteiger charge is -2.28. The highest BCUT2D eigenvalue weighted by Gasteiger charge is 2.20. The van der Waals surface area contributed by atoms with Gasteiger partial charge < -0.3 is 5.32 Å². The number of fused-ring (bicyclic) bond motifs is 1. The molecule has 15 heavy (non-hydrogen) atoms. The van der Waals surface area contributed by atoms with Gasteiger partial charge in [-0.05, 0) is 48.6 Å². The SMILES string of the molecule is CC(C)CC1NCCc2ccc(Cl)cc21. The lowest BCUT2D eigenvalue weighted by atomic mass is 9.89. The monoisotopic (exact) mass is 223 g/mol. The number of rotatable bonds is 2. The smallest absolute Gasteiger partial charge is 0.0409 e. The first kappa shape index (κ1) is 11.0. The van der Waals surface area contributed by atoms with E-state index in [-0.39, 0.29) is 0 Å². The molecule has 0 bridgehead atoms. The average molecular weight is 224 g/mol. The van der Waals surface area contributed by atoms with Crippen LogP contribution in [0, 0.1) is 5.92 Å². The zero-order valence-electron chi connectivity index (χ0n) is 9.39. The third-order valence-electron chi connectivity index (χ3n) is 2.98. The van der Waals surface area contributed by atoms with Crippen molar-refractivity contribution in [2.45, 2.75) is 32.7 Å². The van der Waals surface area contributed by atoms with Crippen LogP contribution in [0.1, 0.15) is 37.4 Å². The Balaban J connectivity index is 2.28. The zero-order valence-corrected chi connectivity index (χ0v) is 10.1. The molecule has 1 unspecified atom stereocenters. The summed E-state index contributed by atoms with van der Waals surface area (Å²) < 4.78 is 0. The lowest BCUT2D eigenvalue weighted by molar-refractivity contribution is 0.414. The van der Waals surface area contributed by atoms with E-state index in [2.05, 4.69) is 31.3 Å². The molecular formula is C13H18ClN. The highest BCUT2D eigenvalue weighted by atomic mass is 35.5. The molecule has 1 aromatic rings. The first-order valence-electron chi connectivity index (χ1n) is 5.68. The zero-order chi connectivity index (χ0) is 10.8. The summed E-state index contributed by atoms with van der Waals surface area (Å²) >= 11 is 6.05. The maximum atomic E-state index is 6.05. The Hall–Kier alpha value is -0.530. The van der Waals surface area contributed by atoms with E-state index in [4.69, 9.17) is 11.6 Å². The average Bonchev–Trinajstić information content (AvgIpc) is 2.18. The number of hydrogen-bond donors (Lipinski definition) is 1. The van der Waals surface area contributed by atoms with Crippen LogP contribution < -0.4 is 5.32 Å². The summed E-state index contributed by atoms with van der Waals surface area (Å²) in [5.74, 6) is 0.715. The third kappa shape index (κ3) is 2.53. The van der Waals surface area contributed by atoms with Gasteiger partial charge in [-0.25, -0.2) is 0 Å². The summed E-state index contributed by atoms with van der Waals surface area (Å²) in [7, 11) is 0. The maximum Gasteiger partial charge on any atom is 0.0409 e. The Kier molecular flexibility index (Phi) is 3.32. The number of halogens is 1. The second-order valence-electron chi connectivity index (χ2n) is 4.73. The molecule has 0 aliphatic carbocycles. The third-order valence-corrected chi connectivity index (χ3v) is 3.21. The summed E-state index contributed by atoms with van der Waals surface area (Å²) in [6, 6.07) is 6.78. The van der Waals surface area contributed by atoms with Gasteiger partial charge >= 0.3 is 0 Å². The van der Waals surface area contributed by atoms with E-state index < -0.39 is 0 Å². The van der Waals surface area contributed by atoms with Gasteiger partial charge in [0.2, 0.25) is 0 Å². The van der Waals surface area contributed by atoms with Crippen LogP contribution >= 0.6 is 11.6 Å². The van der Waals surface area contributed by atoms with Crippen molar-refractivity contribution >= 4 is 11.6 Å². The minimum atomic E-state index is 0.493. The van der Waals surface area contributed by atoms with Crippen LogP contribution in [0.4, 0.5) is 0 Å². The van der Waals surface area contributed by atoms with Gasteiger partial charge in [0.15, 0.2) is 0 Å². The molecule has 1 nitrogen and oxygen atoms in total. The van der Waals surface area contributed by atoms with E-state index in [1.807, 2.05) is 6.07 Å². The van der Waals surface area contributed by atoms with Crippen molar-refractivity contribution in [3.63, 3.8) is 0 Å². The van der Waals surface area contributed by atoms with Gasteiger partial charge in [0.25, 0.3) is 0 Å². The summed E-state index contributed by atoms with van der Waals surface area (Å²) in [6.07, 6.45) is 2.31. The van der Waals surface area contributed by atoms with Crippen molar-refractivity contribution in [2.24, 2.45) is 5.92 Å². The number of hydrogen-bond acceptors (Lipinski definition) is 1. The number of benzene rings is 1. The quantitative estimate of drug-likeness (QED) is 0.809. The Morgan fingerprint density at radius 2 is 2.27 bits per heavy atom. The van der Waals surface area contributed by atoms with Gasteiger partial charge in [0, 0.05) is 11.1 Å². The van der Waals surface area contributed by atoms with Crippen LogP contribution in [0.3, 0.4) is 0 Å². The molecule has 0 saturated carbocycles. The van der Waals surface area contributed by atoms with Crippen LogP contribution in [0.2, 0.25) is 5.02 Å². The predicted molar refractivity (Wildman–Crippen MR) is 65.4 cm³/mol. The van der Waals surface area contributed by atoms with Crippen LogP contribution in [0.25, 0.3) is 0 Å². The lowest BCUT2D eigenvalue weighted by Crippen LogP contribution is -2.30. The van der Waals surface area contributed by atoms with Crippen molar-refractivity contribution < 1.29 is 0 Å². The van der Waals surface area contributed by atoms with Crippen molar-refractivity contribution in [3.05, 3.63) is 34.3 Å². The molecule has 82 valence electrons. The molecule has 0 amide bonds. The largest absolute Gasteiger partial charge is 0.310 e. The first-order valence-corrected chi connectivity index (χ1v) is 6.06. The minimum Gasteiger partial charge on any atom is -0.310 e. The van der Waals surface area contributed by atoms with E-state index in [0.717, 1.165) is 18.0 Å². The van der Waals surface area contributed by atoms with Crippen molar-refractivity contribution in [2.75, 3.05) is 6.54 Å². The molecule has 1 heterocycles. The first-order chi connectivity index (χ1) is 7.16.